The minimum atomic E-state index is 0.0654. The van der Waals surface area contributed by atoms with Crippen LogP contribution < -0.4 is 10.5 Å². The molecule has 0 heterocycles. The van der Waals surface area contributed by atoms with Gasteiger partial charge in [-0.15, -0.1) is 0 Å². The van der Waals surface area contributed by atoms with E-state index >= 15 is 0 Å². The molecule has 0 saturated carbocycles. The topological polar surface area (TPSA) is 68.3 Å². The predicted octanol–water partition coefficient (Wildman–Crippen LogP) is 2.41. The molecular weight excluding hydrogens is 228 g/mol. The number of hydrogen-bond donors (Lipinski definition) is 2. The molecule has 0 saturated heterocycles. The molecule has 0 fully saturated rings. The maximum Gasteiger partial charge on any atom is 0.122 e. The minimum Gasteiger partial charge on any atom is -0.491 e. The Balaban J connectivity index is 2.29. The Kier molecular flexibility index (Phi) is 5.65. The van der Waals surface area contributed by atoms with Gasteiger partial charge >= 0.3 is 0 Å². The number of amidine groups is 1. The molecule has 1 aromatic carbocycles. The second kappa shape index (κ2) is 7.01. The van der Waals surface area contributed by atoms with Gasteiger partial charge in [-0.25, -0.2) is 0 Å². The Hall–Kier alpha value is -1.55. The molecule has 1 atom stereocenters. The summed E-state index contributed by atoms with van der Waals surface area (Å²) in [6.45, 7) is 7.43. The van der Waals surface area contributed by atoms with Crippen molar-refractivity contribution in [3.63, 3.8) is 0 Å². The number of ether oxygens (including phenoxy) is 2. The lowest BCUT2D eigenvalue weighted by atomic mass is 10.1. The first-order chi connectivity index (χ1) is 8.50. The Morgan fingerprint density at radius 1 is 1.17 bits per heavy atom. The van der Waals surface area contributed by atoms with Crippen molar-refractivity contribution in [2.75, 3.05) is 13.2 Å². The highest BCUT2D eigenvalue weighted by Crippen LogP contribution is 2.12. The summed E-state index contributed by atoms with van der Waals surface area (Å²) in [6.07, 6.45) is 0.244. The predicted molar refractivity (Wildman–Crippen MR) is 73.2 cm³/mol. The highest BCUT2D eigenvalue weighted by Gasteiger charge is 2.06. The van der Waals surface area contributed by atoms with Crippen LogP contribution in [-0.2, 0) is 4.74 Å². The van der Waals surface area contributed by atoms with Crippen LogP contribution >= 0.6 is 0 Å². The van der Waals surface area contributed by atoms with E-state index in [4.69, 9.17) is 20.6 Å². The van der Waals surface area contributed by atoms with Gasteiger partial charge in [-0.1, -0.05) is 13.8 Å². The van der Waals surface area contributed by atoms with Gasteiger partial charge < -0.3 is 15.2 Å². The van der Waals surface area contributed by atoms with Crippen LogP contribution in [0.3, 0.4) is 0 Å². The van der Waals surface area contributed by atoms with Gasteiger partial charge in [0, 0.05) is 5.56 Å². The first-order valence-corrected chi connectivity index (χ1v) is 6.19. The molecule has 100 valence electrons. The Labute approximate surface area is 109 Å². The highest BCUT2D eigenvalue weighted by molar-refractivity contribution is 5.94. The van der Waals surface area contributed by atoms with E-state index in [1.807, 2.05) is 12.1 Å². The number of rotatable bonds is 7. The van der Waals surface area contributed by atoms with E-state index in [9.17, 15) is 0 Å². The fourth-order valence-corrected chi connectivity index (χ4v) is 1.32. The van der Waals surface area contributed by atoms with Crippen LogP contribution in [0, 0.1) is 11.3 Å². The number of hydrogen-bond acceptors (Lipinski definition) is 3. The van der Waals surface area contributed by atoms with Crippen molar-refractivity contribution in [3.8, 4) is 5.75 Å². The zero-order chi connectivity index (χ0) is 13.5. The van der Waals surface area contributed by atoms with Gasteiger partial charge in [-0.2, -0.15) is 0 Å². The molecule has 18 heavy (non-hydrogen) atoms. The molecule has 0 spiro atoms. The van der Waals surface area contributed by atoms with Gasteiger partial charge in [0.2, 0.25) is 0 Å². The fourth-order valence-electron chi connectivity index (χ4n) is 1.32. The van der Waals surface area contributed by atoms with Gasteiger partial charge in [0.1, 0.15) is 18.2 Å². The Bertz CT molecular complexity index is 374. The zero-order valence-electron chi connectivity index (χ0n) is 11.3. The van der Waals surface area contributed by atoms with Crippen LogP contribution in [0.5, 0.6) is 5.75 Å². The van der Waals surface area contributed by atoms with E-state index < -0.39 is 0 Å². The summed E-state index contributed by atoms with van der Waals surface area (Å²) in [5.41, 5.74) is 6.07. The Morgan fingerprint density at radius 2 is 1.78 bits per heavy atom. The summed E-state index contributed by atoms with van der Waals surface area (Å²) in [7, 11) is 0. The number of nitrogens with two attached hydrogens (primary N) is 1. The van der Waals surface area contributed by atoms with E-state index in [0.717, 1.165) is 5.75 Å². The quantitative estimate of drug-likeness (QED) is 0.443. The summed E-state index contributed by atoms with van der Waals surface area (Å²) in [6, 6.07) is 7.16. The van der Waals surface area contributed by atoms with Gasteiger partial charge in [0.25, 0.3) is 0 Å². The summed E-state index contributed by atoms with van der Waals surface area (Å²) < 4.78 is 11.1. The summed E-state index contributed by atoms with van der Waals surface area (Å²) >= 11 is 0. The standard InChI is InChI=1S/C14H22N2O2/c1-10(2)11(3)17-8-9-18-13-6-4-12(5-7-13)14(15)16/h4-7,10-11H,8-9H2,1-3H3,(H3,15,16). The molecule has 0 aliphatic heterocycles. The second-order valence-corrected chi connectivity index (χ2v) is 4.61. The van der Waals surface area contributed by atoms with Crippen molar-refractivity contribution in [2.24, 2.45) is 11.7 Å². The normalized spacial score (nSPS) is 12.4. The van der Waals surface area contributed by atoms with Crippen LogP contribution in [0.4, 0.5) is 0 Å². The first-order valence-electron chi connectivity index (χ1n) is 6.19. The molecule has 1 unspecified atom stereocenters. The summed E-state index contributed by atoms with van der Waals surface area (Å²) in [5, 5.41) is 7.28. The SMILES string of the molecule is CC(C)C(C)OCCOc1ccc(C(=N)N)cc1. The molecule has 1 rings (SSSR count). The zero-order valence-corrected chi connectivity index (χ0v) is 11.3. The van der Waals surface area contributed by atoms with E-state index in [2.05, 4.69) is 20.8 Å². The van der Waals surface area contributed by atoms with Crippen LogP contribution in [0.1, 0.15) is 26.3 Å². The highest BCUT2D eigenvalue weighted by atomic mass is 16.5. The van der Waals surface area contributed by atoms with Gasteiger partial charge in [-0.05, 0) is 37.1 Å². The maximum atomic E-state index is 7.28. The smallest absolute Gasteiger partial charge is 0.122 e. The number of nitrogen functional groups attached to an aromatic ring is 1. The van der Waals surface area contributed by atoms with Crippen molar-refractivity contribution in [3.05, 3.63) is 29.8 Å². The minimum absolute atomic E-state index is 0.0654. The Morgan fingerprint density at radius 3 is 2.28 bits per heavy atom. The molecule has 4 nitrogen and oxygen atoms in total. The lowest BCUT2D eigenvalue weighted by Gasteiger charge is -2.16. The molecule has 1 aromatic rings. The van der Waals surface area contributed by atoms with E-state index in [1.165, 1.54) is 0 Å². The van der Waals surface area contributed by atoms with E-state index in [0.29, 0.717) is 24.7 Å². The fraction of sp³-hybridized carbons (Fsp3) is 0.500. The third-order valence-corrected chi connectivity index (χ3v) is 2.84. The third-order valence-electron chi connectivity index (χ3n) is 2.84. The van der Waals surface area contributed by atoms with Crippen molar-refractivity contribution < 1.29 is 9.47 Å². The summed E-state index contributed by atoms with van der Waals surface area (Å²) in [5.74, 6) is 1.34. The molecule has 3 N–H and O–H groups in total. The van der Waals surface area contributed by atoms with Crippen molar-refractivity contribution in [2.45, 2.75) is 26.9 Å². The molecular formula is C14H22N2O2. The lowest BCUT2D eigenvalue weighted by Crippen LogP contribution is -2.19. The molecule has 0 radical (unpaired) electrons. The largest absolute Gasteiger partial charge is 0.491 e. The average molecular weight is 250 g/mol. The number of nitrogens with one attached hydrogen (secondary N) is 1. The first kappa shape index (κ1) is 14.5. The molecule has 0 aromatic heterocycles. The average Bonchev–Trinajstić information content (AvgIpc) is 2.34. The monoisotopic (exact) mass is 250 g/mol. The number of benzene rings is 1. The van der Waals surface area contributed by atoms with E-state index in [-0.39, 0.29) is 11.9 Å². The second-order valence-electron chi connectivity index (χ2n) is 4.61. The van der Waals surface area contributed by atoms with Gasteiger partial charge in [0.15, 0.2) is 0 Å². The summed E-state index contributed by atoms with van der Waals surface area (Å²) in [4.78, 5) is 0. The van der Waals surface area contributed by atoms with Crippen LogP contribution in [0.25, 0.3) is 0 Å². The molecule has 0 amide bonds. The van der Waals surface area contributed by atoms with Crippen LogP contribution in [0.15, 0.2) is 24.3 Å². The van der Waals surface area contributed by atoms with Gasteiger partial charge in [0.05, 0.1) is 12.7 Å². The molecule has 0 bridgehead atoms. The van der Waals surface area contributed by atoms with Crippen molar-refractivity contribution in [1.29, 1.82) is 5.41 Å². The molecule has 0 aliphatic carbocycles. The van der Waals surface area contributed by atoms with E-state index in [1.54, 1.807) is 12.1 Å². The van der Waals surface area contributed by atoms with Crippen LogP contribution in [-0.4, -0.2) is 25.2 Å². The third kappa shape index (κ3) is 4.75. The van der Waals surface area contributed by atoms with Crippen molar-refractivity contribution in [1.82, 2.24) is 0 Å². The van der Waals surface area contributed by atoms with Crippen LogP contribution in [0.2, 0.25) is 0 Å². The van der Waals surface area contributed by atoms with Gasteiger partial charge in [-0.3, -0.25) is 5.41 Å². The lowest BCUT2D eigenvalue weighted by molar-refractivity contribution is 0.0188. The molecule has 4 heteroatoms. The maximum absolute atomic E-state index is 7.28. The van der Waals surface area contributed by atoms with Crippen molar-refractivity contribution >= 4 is 5.84 Å². The molecule has 0 aliphatic rings.